The van der Waals surface area contributed by atoms with Crippen LogP contribution in [0.4, 0.5) is 5.82 Å². The minimum absolute atomic E-state index is 0.205. The minimum Gasteiger partial charge on any atom is -0.454 e. The van der Waals surface area contributed by atoms with Crippen molar-refractivity contribution >= 4 is 61.4 Å². The van der Waals surface area contributed by atoms with E-state index in [1.165, 1.54) is 18.1 Å². The monoisotopic (exact) mass is 576 g/mol. The first-order chi connectivity index (χ1) is 14.8. The molecule has 1 aliphatic heterocycles. The first-order valence-corrected chi connectivity index (χ1v) is 12.9. The van der Waals surface area contributed by atoms with E-state index < -0.39 is 15.3 Å². The molecule has 3 heterocycles. The predicted molar refractivity (Wildman–Crippen MR) is 126 cm³/mol. The van der Waals surface area contributed by atoms with Crippen LogP contribution in [0.1, 0.15) is 20.3 Å². The zero-order valence-electron chi connectivity index (χ0n) is 16.8. The largest absolute Gasteiger partial charge is 0.454 e. The van der Waals surface area contributed by atoms with Gasteiger partial charge in [0, 0.05) is 21.6 Å². The molecular formula is C18H21IN6O4S2. The van der Waals surface area contributed by atoms with Crippen molar-refractivity contribution in [3.05, 3.63) is 22.0 Å². The average molecular weight is 576 g/mol. The van der Waals surface area contributed by atoms with E-state index in [9.17, 15) is 8.42 Å². The Labute approximate surface area is 197 Å². The molecule has 0 saturated heterocycles. The van der Waals surface area contributed by atoms with Gasteiger partial charge in [0.2, 0.25) is 16.8 Å². The number of hydrogen-bond acceptors (Lipinski definition) is 9. The fourth-order valence-corrected chi connectivity index (χ4v) is 5.38. The number of benzene rings is 1. The topological polar surface area (TPSA) is 134 Å². The Kier molecular flexibility index (Phi) is 6.46. The lowest BCUT2D eigenvalue weighted by molar-refractivity contribution is 0.174. The van der Waals surface area contributed by atoms with Crippen LogP contribution in [0.2, 0.25) is 0 Å². The number of ether oxygens (including phenoxy) is 2. The van der Waals surface area contributed by atoms with Crippen molar-refractivity contribution in [3.63, 3.8) is 0 Å². The molecule has 4 rings (SSSR count). The molecule has 0 unspecified atom stereocenters. The molecule has 0 aliphatic carbocycles. The summed E-state index contributed by atoms with van der Waals surface area (Å²) in [6, 6.07) is 3.84. The quantitative estimate of drug-likeness (QED) is 0.307. The van der Waals surface area contributed by atoms with Gasteiger partial charge in [-0.05, 0) is 55.0 Å². The molecule has 1 aliphatic rings. The van der Waals surface area contributed by atoms with Crippen molar-refractivity contribution < 1.29 is 17.9 Å². The Bertz CT molecular complexity index is 1230. The molecule has 3 N–H and O–H groups in total. The fraction of sp³-hybridized carbons (Fsp3) is 0.389. The molecule has 13 heteroatoms. The van der Waals surface area contributed by atoms with Crippen LogP contribution in [-0.2, 0) is 16.6 Å². The number of imidazole rings is 1. The second-order valence-electron chi connectivity index (χ2n) is 7.06. The second kappa shape index (κ2) is 8.96. The van der Waals surface area contributed by atoms with Crippen molar-refractivity contribution in [2.45, 2.75) is 42.1 Å². The van der Waals surface area contributed by atoms with Crippen LogP contribution < -0.4 is 19.9 Å². The predicted octanol–water partition coefficient (Wildman–Crippen LogP) is 2.61. The molecule has 0 atom stereocenters. The van der Waals surface area contributed by atoms with Gasteiger partial charge in [-0.1, -0.05) is 11.8 Å². The fourth-order valence-electron chi connectivity index (χ4n) is 2.91. The molecule has 31 heavy (non-hydrogen) atoms. The first-order valence-electron chi connectivity index (χ1n) is 9.48. The number of sulfonamides is 1. The third kappa shape index (κ3) is 4.68. The van der Waals surface area contributed by atoms with Crippen LogP contribution in [0.25, 0.3) is 11.2 Å². The normalized spacial score (nSPS) is 13.4. The lowest BCUT2D eigenvalue weighted by Gasteiger charge is -2.12. The number of fused-ring (bicyclic) bond motifs is 2. The highest BCUT2D eigenvalue weighted by molar-refractivity contribution is 14.1. The van der Waals surface area contributed by atoms with Crippen LogP contribution >= 0.6 is 34.4 Å². The summed E-state index contributed by atoms with van der Waals surface area (Å²) in [4.78, 5) is 14.0. The van der Waals surface area contributed by atoms with E-state index in [1.54, 1.807) is 13.8 Å². The van der Waals surface area contributed by atoms with Crippen LogP contribution in [0.5, 0.6) is 11.5 Å². The molecule has 1 aromatic carbocycles. The van der Waals surface area contributed by atoms with E-state index in [4.69, 9.17) is 15.2 Å². The Morgan fingerprint density at radius 1 is 1.29 bits per heavy atom. The summed E-state index contributed by atoms with van der Waals surface area (Å²) < 4.78 is 40.5. The molecule has 0 fully saturated rings. The van der Waals surface area contributed by atoms with Gasteiger partial charge < -0.3 is 19.8 Å². The first kappa shape index (κ1) is 22.4. The molecule has 3 aromatic rings. The van der Waals surface area contributed by atoms with Crippen LogP contribution in [0, 0.1) is 3.57 Å². The summed E-state index contributed by atoms with van der Waals surface area (Å²) in [5.41, 5.74) is 7.14. The lowest BCUT2D eigenvalue weighted by Crippen LogP contribution is -2.31. The molecule has 0 amide bonds. The van der Waals surface area contributed by atoms with Gasteiger partial charge in [0.05, 0.1) is 5.25 Å². The van der Waals surface area contributed by atoms with Crippen molar-refractivity contribution in [2.75, 3.05) is 19.1 Å². The number of aromatic nitrogens is 4. The Morgan fingerprint density at radius 2 is 2.03 bits per heavy atom. The lowest BCUT2D eigenvalue weighted by atomic mass is 10.3. The number of hydrogen-bond donors (Lipinski definition) is 2. The number of aryl methyl sites for hydroxylation is 1. The van der Waals surface area contributed by atoms with Crippen molar-refractivity contribution in [1.29, 1.82) is 0 Å². The summed E-state index contributed by atoms with van der Waals surface area (Å²) in [5.74, 6) is 1.70. The summed E-state index contributed by atoms with van der Waals surface area (Å²) >= 11 is 3.70. The van der Waals surface area contributed by atoms with Gasteiger partial charge in [-0.3, -0.25) is 0 Å². The number of rotatable bonds is 8. The van der Waals surface area contributed by atoms with Crippen molar-refractivity contribution in [3.8, 4) is 11.5 Å². The number of nitrogen functional groups attached to an aromatic ring is 1. The van der Waals surface area contributed by atoms with E-state index in [2.05, 4.69) is 42.3 Å². The van der Waals surface area contributed by atoms with Crippen LogP contribution in [-0.4, -0.2) is 46.5 Å². The number of halogens is 1. The van der Waals surface area contributed by atoms with Crippen molar-refractivity contribution in [1.82, 2.24) is 24.2 Å². The molecule has 166 valence electrons. The maximum atomic E-state index is 12.0. The van der Waals surface area contributed by atoms with Gasteiger partial charge in [0.25, 0.3) is 0 Å². The van der Waals surface area contributed by atoms with Crippen LogP contribution in [0.15, 0.2) is 28.5 Å². The Balaban J connectivity index is 1.61. The van der Waals surface area contributed by atoms with E-state index in [0.717, 1.165) is 14.2 Å². The number of nitrogens with two attached hydrogens (primary N) is 1. The molecule has 0 radical (unpaired) electrons. The zero-order valence-corrected chi connectivity index (χ0v) is 20.6. The molecule has 2 aromatic heterocycles. The zero-order chi connectivity index (χ0) is 22.2. The van der Waals surface area contributed by atoms with Crippen molar-refractivity contribution in [2.24, 2.45) is 0 Å². The van der Waals surface area contributed by atoms with E-state index in [0.29, 0.717) is 47.4 Å². The van der Waals surface area contributed by atoms with Gasteiger partial charge >= 0.3 is 0 Å². The third-order valence-electron chi connectivity index (χ3n) is 4.64. The van der Waals surface area contributed by atoms with E-state index in [-0.39, 0.29) is 6.79 Å². The van der Waals surface area contributed by atoms with Crippen LogP contribution in [0.3, 0.4) is 0 Å². The number of anilines is 1. The Hall–Kier alpha value is -1.84. The minimum atomic E-state index is -3.31. The van der Waals surface area contributed by atoms with E-state index >= 15 is 0 Å². The van der Waals surface area contributed by atoms with Gasteiger partial charge in [-0.25, -0.2) is 28.1 Å². The summed E-state index contributed by atoms with van der Waals surface area (Å²) in [6.07, 6.45) is 1.96. The third-order valence-corrected chi connectivity index (χ3v) is 8.79. The second-order valence-corrected chi connectivity index (χ2v) is 11.5. The summed E-state index contributed by atoms with van der Waals surface area (Å²) in [6.45, 7) is 4.32. The van der Waals surface area contributed by atoms with Gasteiger partial charge in [-0.15, -0.1) is 0 Å². The number of nitrogens with one attached hydrogen (secondary N) is 1. The summed E-state index contributed by atoms with van der Waals surface area (Å²) in [5, 5.41) is 0.207. The smallest absolute Gasteiger partial charge is 0.231 e. The van der Waals surface area contributed by atoms with Gasteiger partial charge in [-0.2, -0.15) is 0 Å². The maximum absolute atomic E-state index is 12.0. The highest BCUT2D eigenvalue weighted by Gasteiger charge is 2.21. The van der Waals surface area contributed by atoms with Gasteiger partial charge in [0.15, 0.2) is 33.6 Å². The maximum Gasteiger partial charge on any atom is 0.231 e. The average Bonchev–Trinajstić information content (AvgIpc) is 3.30. The molecule has 0 spiro atoms. The standard InChI is InChI=1S/C18H21IN6O4S2/c1-10(2)31(26,27)23-4-3-5-25-17-15(16(20)21-8-22-17)24-18(25)30-14-7-13-12(6-11(14)19)28-9-29-13/h6-8,10,23H,3-5,9H2,1-2H3,(H2,20,21,22). The van der Waals surface area contributed by atoms with Gasteiger partial charge in [0.1, 0.15) is 6.33 Å². The molecular weight excluding hydrogens is 555 g/mol. The SMILES string of the molecule is CC(C)S(=O)(=O)NCCCn1c(Sc2cc3c(cc2I)OCO3)nc2c(N)ncnc21. The summed E-state index contributed by atoms with van der Waals surface area (Å²) in [7, 11) is -3.31. The highest BCUT2D eigenvalue weighted by atomic mass is 127. The number of nitrogens with zero attached hydrogens (tertiary/aromatic N) is 4. The Morgan fingerprint density at radius 3 is 2.77 bits per heavy atom. The highest BCUT2D eigenvalue weighted by Crippen LogP contribution is 2.41. The molecule has 10 nitrogen and oxygen atoms in total. The molecule has 0 saturated carbocycles. The van der Waals surface area contributed by atoms with E-state index in [1.807, 2.05) is 16.7 Å². The molecule has 0 bridgehead atoms.